The Morgan fingerprint density at radius 3 is 2.09 bits per heavy atom. The standard InChI is InChI=1S/C24H25FN2O5S/c1-3-31-21-10-8-20(9-11-21)27-33(29,30)23-14-12-22(13-15-23)32-16-24(28)26-17(2)18-4-6-19(25)7-5-18/h4-15,17,27H,3,16H2,1-2H3,(H,26,28)/t17-/m0/s1. The normalized spacial score (nSPS) is 12.0. The molecule has 0 aliphatic heterocycles. The number of hydrogen-bond donors (Lipinski definition) is 2. The number of rotatable bonds is 10. The fraction of sp³-hybridized carbons (Fsp3) is 0.208. The topological polar surface area (TPSA) is 93.7 Å². The monoisotopic (exact) mass is 472 g/mol. The molecule has 9 heteroatoms. The Hall–Kier alpha value is -3.59. The Kier molecular flexibility index (Phi) is 7.89. The molecule has 0 radical (unpaired) electrons. The molecular weight excluding hydrogens is 447 g/mol. The predicted octanol–water partition coefficient (Wildman–Crippen LogP) is 4.28. The van der Waals surface area contributed by atoms with E-state index in [-0.39, 0.29) is 29.3 Å². The van der Waals surface area contributed by atoms with Gasteiger partial charge in [0.2, 0.25) is 0 Å². The molecule has 0 saturated heterocycles. The van der Waals surface area contributed by atoms with E-state index in [2.05, 4.69) is 10.0 Å². The van der Waals surface area contributed by atoms with Crippen molar-refractivity contribution in [2.75, 3.05) is 17.9 Å². The van der Waals surface area contributed by atoms with Crippen LogP contribution in [0.5, 0.6) is 11.5 Å². The van der Waals surface area contributed by atoms with Crippen molar-refractivity contribution in [1.29, 1.82) is 0 Å². The number of carbonyl (C=O) groups is 1. The molecule has 3 rings (SSSR count). The van der Waals surface area contributed by atoms with E-state index in [9.17, 15) is 17.6 Å². The smallest absolute Gasteiger partial charge is 0.261 e. The number of carbonyl (C=O) groups excluding carboxylic acids is 1. The molecule has 0 unspecified atom stereocenters. The van der Waals surface area contributed by atoms with Crippen molar-refractivity contribution in [3.8, 4) is 11.5 Å². The number of anilines is 1. The van der Waals surface area contributed by atoms with Gasteiger partial charge < -0.3 is 14.8 Å². The lowest BCUT2D eigenvalue weighted by atomic mass is 10.1. The van der Waals surface area contributed by atoms with Crippen molar-refractivity contribution in [2.24, 2.45) is 0 Å². The minimum atomic E-state index is -3.79. The molecule has 2 N–H and O–H groups in total. The first kappa shape index (κ1) is 24.1. The molecule has 1 atom stereocenters. The molecule has 1 amide bonds. The zero-order valence-corrected chi connectivity index (χ0v) is 19.1. The van der Waals surface area contributed by atoms with Crippen molar-refractivity contribution >= 4 is 21.6 Å². The maximum atomic E-state index is 13.0. The van der Waals surface area contributed by atoms with Crippen LogP contribution in [0.15, 0.2) is 77.7 Å². The molecule has 0 spiro atoms. The Morgan fingerprint density at radius 2 is 1.48 bits per heavy atom. The van der Waals surface area contributed by atoms with Crippen LogP contribution in [0.3, 0.4) is 0 Å². The van der Waals surface area contributed by atoms with E-state index in [1.165, 1.54) is 36.4 Å². The minimum absolute atomic E-state index is 0.0538. The van der Waals surface area contributed by atoms with E-state index >= 15 is 0 Å². The lowest BCUT2D eigenvalue weighted by Crippen LogP contribution is -2.31. The Labute approximate surface area is 192 Å². The first-order valence-corrected chi connectivity index (χ1v) is 11.8. The number of halogens is 1. The summed E-state index contributed by atoms with van der Waals surface area (Å²) in [5.74, 6) is 0.291. The lowest BCUT2D eigenvalue weighted by Gasteiger charge is -2.15. The molecule has 3 aromatic carbocycles. The lowest BCUT2D eigenvalue weighted by molar-refractivity contribution is -0.123. The largest absolute Gasteiger partial charge is 0.494 e. The highest BCUT2D eigenvalue weighted by Crippen LogP contribution is 2.21. The molecule has 33 heavy (non-hydrogen) atoms. The summed E-state index contributed by atoms with van der Waals surface area (Å²) < 4.78 is 51.5. The third-order valence-electron chi connectivity index (χ3n) is 4.67. The highest BCUT2D eigenvalue weighted by Gasteiger charge is 2.15. The second-order valence-corrected chi connectivity index (χ2v) is 8.85. The molecule has 0 bridgehead atoms. The number of benzene rings is 3. The van der Waals surface area contributed by atoms with Crippen LogP contribution in [-0.2, 0) is 14.8 Å². The van der Waals surface area contributed by atoms with E-state index in [1.807, 2.05) is 6.92 Å². The molecule has 174 valence electrons. The Balaban J connectivity index is 1.53. The van der Waals surface area contributed by atoms with Crippen LogP contribution in [0, 0.1) is 5.82 Å². The number of nitrogens with one attached hydrogen (secondary N) is 2. The van der Waals surface area contributed by atoms with Gasteiger partial charge in [-0.15, -0.1) is 0 Å². The summed E-state index contributed by atoms with van der Waals surface area (Å²) in [6, 6.07) is 17.9. The first-order valence-electron chi connectivity index (χ1n) is 10.3. The highest BCUT2D eigenvalue weighted by atomic mass is 32.2. The predicted molar refractivity (Wildman–Crippen MR) is 123 cm³/mol. The van der Waals surface area contributed by atoms with Crippen LogP contribution in [0.25, 0.3) is 0 Å². The van der Waals surface area contributed by atoms with Crippen molar-refractivity contribution < 1.29 is 27.1 Å². The summed E-state index contributed by atoms with van der Waals surface area (Å²) in [6.07, 6.45) is 0. The molecule has 0 aromatic heterocycles. The zero-order valence-electron chi connectivity index (χ0n) is 18.2. The van der Waals surface area contributed by atoms with Gasteiger partial charge in [-0.1, -0.05) is 12.1 Å². The van der Waals surface area contributed by atoms with E-state index in [4.69, 9.17) is 9.47 Å². The van der Waals surface area contributed by atoms with Gasteiger partial charge >= 0.3 is 0 Å². The Bertz CT molecular complexity index is 1160. The minimum Gasteiger partial charge on any atom is -0.494 e. The maximum absolute atomic E-state index is 13.0. The highest BCUT2D eigenvalue weighted by molar-refractivity contribution is 7.92. The average Bonchev–Trinajstić information content (AvgIpc) is 2.80. The van der Waals surface area contributed by atoms with E-state index < -0.39 is 10.0 Å². The van der Waals surface area contributed by atoms with Gasteiger partial charge in [-0.25, -0.2) is 12.8 Å². The maximum Gasteiger partial charge on any atom is 0.261 e. The number of amides is 1. The summed E-state index contributed by atoms with van der Waals surface area (Å²) in [7, 11) is -3.79. The van der Waals surface area contributed by atoms with Crippen molar-refractivity contribution in [1.82, 2.24) is 5.32 Å². The molecule has 0 heterocycles. The van der Waals surface area contributed by atoms with Gasteiger partial charge in [-0.05, 0) is 80.1 Å². The third kappa shape index (κ3) is 6.95. The van der Waals surface area contributed by atoms with Gasteiger partial charge in [-0.2, -0.15) is 0 Å². The van der Waals surface area contributed by atoms with Crippen LogP contribution in [0.2, 0.25) is 0 Å². The average molecular weight is 473 g/mol. The number of hydrogen-bond acceptors (Lipinski definition) is 5. The van der Waals surface area contributed by atoms with Gasteiger partial charge in [0.1, 0.15) is 17.3 Å². The van der Waals surface area contributed by atoms with Crippen molar-refractivity contribution in [3.63, 3.8) is 0 Å². The van der Waals surface area contributed by atoms with Crippen molar-refractivity contribution in [3.05, 3.63) is 84.2 Å². The zero-order chi connectivity index (χ0) is 23.8. The third-order valence-corrected chi connectivity index (χ3v) is 6.07. The summed E-state index contributed by atoms with van der Waals surface area (Å²) in [5, 5.41) is 2.76. The number of ether oxygens (including phenoxy) is 2. The van der Waals surface area contributed by atoms with Gasteiger partial charge in [0.25, 0.3) is 15.9 Å². The van der Waals surface area contributed by atoms with Gasteiger partial charge in [0, 0.05) is 5.69 Å². The van der Waals surface area contributed by atoms with Crippen LogP contribution in [0.1, 0.15) is 25.5 Å². The fourth-order valence-corrected chi connectivity index (χ4v) is 4.04. The molecule has 7 nitrogen and oxygen atoms in total. The molecule has 3 aromatic rings. The second kappa shape index (κ2) is 10.8. The molecule has 0 saturated carbocycles. The molecule has 0 aliphatic rings. The summed E-state index contributed by atoms with van der Waals surface area (Å²) in [5.41, 5.74) is 1.17. The van der Waals surface area contributed by atoms with Crippen LogP contribution >= 0.6 is 0 Å². The first-order chi connectivity index (χ1) is 15.8. The van der Waals surface area contributed by atoms with Crippen LogP contribution in [0.4, 0.5) is 10.1 Å². The van der Waals surface area contributed by atoms with E-state index in [0.29, 0.717) is 23.8 Å². The molecule has 0 fully saturated rings. The summed E-state index contributed by atoms with van der Waals surface area (Å²) in [4.78, 5) is 12.2. The quantitative estimate of drug-likeness (QED) is 0.459. The van der Waals surface area contributed by atoms with Gasteiger partial charge in [-0.3, -0.25) is 9.52 Å². The van der Waals surface area contributed by atoms with Gasteiger partial charge in [0.15, 0.2) is 6.61 Å². The van der Waals surface area contributed by atoms with Crippen molar-refractivity contribution in [2.45, 2.75) is 24.8 Å². The SMILES string of the molecule is CCOc1ccc(NS(=O)(=O)c2ccc(OCC(=O)N[C@@H](C)c3ccc(F)cc3)cc2)cc1. The van der Waals surface area contributed by atoms with Gasteiger partial charge in [0.05, 0.1) is 17.5 Å². The van der Waals surface area contributed by atoms with Crippen LogP contribution < -0.4 is 19.5 Å². The van der Waals surface area contributed by atoms with E-state index in [1.54, 1.807) is 43.3 Å². The molecule has 0 aliphatic carbocycles. The summed E-state index contributed by atoms with van der Waals surface area (Å²) in [6.45, 7) is 3.92. The fourth-order valence-electron chi connectivity index (χ4n) is 2.98. The van der Waals surface area contributed by atoms with E-state index in [0.717, 1.165) is 5.56 Å². The Morgan fingerprint density at radius 1 is 0.909 bits per heavy atom. The van der Waals surface area contributed by atoms with Crippen LogP contribution in [-0.4, -0.2) is 27.5 Å². The molecular formula is C24H25FN2O5S. The number of sulfonamides is 1. The summed E-state index contributed by atoms with van der Waals surface area (Å²) >= 11 is 0. The second-order valence-electron chi connectivity index (χ2n) is 7.16.